The van der Waals surface area contributed by atoms with E-state index in [1.165, 1.54) is 11.3 Å². The minimum atomic E-state index is 0.574. The van der Waals surface area contributed by atoms with Gasteiger partial charge in [0, 0.05) is 12.2 Å². The Labute approximate surface area is 106 Å². The van der Waals surface area contributed by atoms with Crippen LogP contribution in [0.5, 0.6) is 0 Å². The molecule has 0 aliphatic heterocycles. The van der Waals surface area contributed by atoms with E-state index < -0.39 is 0 Å². The molecule has 0 fully saturated rings. The predicted molar refractivity (Wildman–Crippen MR) is 76.3 cm³/mol. The van der Waals surface area contributed by atoms with E-state index in [0.29, 0.717) is 5.92 Å². The standard InChI is InChI=1S/C15H26N2/c1-4-13(10-16)11-17-15-7-5-14(6-8-15)9-12(2)3/h5-8,12-13,17H,4,9-11,16H2,1-3H3. The summed E-state index contributed by atoms with van der Waals surface area (Å²) in [5, 5.41) is 3.45. The van der Waals surface area contributed by atoms with Crippen molar-refractivity contribution in [2.24, 2.45) is 17.6 Å². The lowest BCUT2D eigenvalue weighted by Crippen LogP contribution is -2.22. The van der Waals surface area contributed by atoms with Crippen molar-refractivity contribution in [1.29, 1.82) is 0 Å². The van der Waals surface area contributed by atoms with Gasteiger partial charge in [0.2, 0.25) is 0 Å². The quantitative estimate of drug-likeness (QED) is 0.760. The molecule has 0 saturated carbocycles. The van der Waals surface area contributed by atoms with Crippen LogP contribution in [-0.4, -0.2) is 13.1 Å². The van der Waals surface area contributed by atoms with E-state index in [2.05, 4.69) is 50.4 Å². The Kier molecular flexibility index (Phi) is 6.06. The lowest BCUT2D eigenvalue weighted by Gasteiger charge is -2.14. The number of anilines is 1. The number of nitrogens with one attached hydrogen (secondary N) is 1. The second kappa shape index (κ2) is 7.33. The molecule has 1 aromatic carbocycles. The van der Waals surface area contributed by atoms with Crippen LogP contribution in [0.15, 0.2) is 24.3 Å². The van der Waals surface area contributed by atoms with Crippen molar-refractivity contribution in [1.82, 2.24) is 0 Å². The molecular weight excluding hydrogens is 208 g/mol. The molecule has 2 heteroatoms. The third kappa shape index (κ3) is 5.22. The van der Waals surface area contributed by atoms with Crippen molar-refractivity contribution >= 4 is 5.69 Å². The average molecular weight is 234 g/mol. The first kappa shape index (κ1) is 14.0. The highest BCUT2D eigenvalue weighted by molar-refractivity contribution is 5.44. The van der Waals surface area contributed by atoms with E-state index in [9.17, 15) is 0 Å². The van der Waals surface area contributed by atoms with Crippen LogP contribution in [0.2, 0.25) is 0 Å². The molecule has 96 valence electrons. The lowest BCUT2D eigenvalue weighted by molar-refractivity contribution is 0.548. The minimum absolute atomic E-state index is 0.574. The summed E-state index contributed by atoms with van der Waals surface area (Å²) >= 11 is 0. The van der Waals surface area contributed by atoms with Crippen molar-refractivity contribution in [3.05, 3.63) is 29.8 Å². The highest BCUT2D eigenvalue weighted by Crippen LogP contribution is 2.13. The maximum atomic E-state index is 5.69. The van der Waals surface area contributed by atoms with Gasteiger partial charge < -0.3 is 11.1 Å². The zero-order valence-corrected chi connectivity index (χ0v) is 11.4. The Morgan fingerprint density at radius 3 is 2.29 bits per heavy atom. The van der Waals surface area contributed by atoms with E-state index in [0.717, 1.165) is 31.8 Å². The van der Waals surface area contributed by atoms with Crippen molar-refractivity contribution in [2.45, 2.75) is 33.6 Å². The molecule has 1 atom stereocenters. The second-order valence-corrected chi connectivity index (χ2v) is 5.19. The molecule has 0 aromatic heterocycles. The highest BCUT2D eigenvalue weighted by atomic mass is 14.9. The number of nitrogens with two attached hydrogens (primary N) is 1. The van der Waals surface area contributed by atoms with Gasteiger partial charge >= 0.3 is 0 Å². The molecule has 0 amide bonds. The minimum Gasteiger partial charge on any atom is -0.385 e. The van der Waals surface area contributed by atoms with Crippen LogP contribution in [0.25, 0.3) is 0 Å². The van der Waals surface area contributed by atoms with Crippen LogP contribution in [0, 0.1) is 11.8 Å². The van der Waals surface area contributed by atoms with Crippen molar-refractivity contribution in [2.75, 3.05) is 18.4 Å². The number of hydrogen-bond acceptors (Lipinski definition) is 2. The van der Waals surface area contributed by atoms with Crippen molar-refractivity contribution < 1.29 is 0 Å². The Bertz CT molecular complexity index is 299. The molecule has 3 N–H and O–H groups in total. The van der Waals surface area contributed by atoms with Gasteiger partial charge in [0.25, 0.3) is 0 Å². The molecule has 17 heavy (non-hydrogen) atoms. The predicted octanol–water partition coefficient (Wildman–Crippen LogP) is 3.28. The largest absolute Gasteiger partial charge is 0.385 e. The number of hydrogen-bond donors (Lipinski definition) is 2. The SMILES string of the molecule is CCC(CN)CNc1ccc(CC(C)C)cc1. The van der Waals surface area contributed by atoms with Crippen LogP contribution in [0.3, 0.4) is 0 Å². The third-order valence-electron chi connectivity index (χ3n) is 3.10. The van der Waals surface area contributed by atoms with Crippen molar-refractivity contribution in [3.63, 3.8) is 0 Å². The molecule has 0 aliphatic carbocycles. The van der Waals surface area contributed by atoms with Gasteiger partial charge in [-0.1, -0.05) is 39.3 Å². The Hall–Kier alpha value is -1.02. The van der Waals surface area contributed by atoms with Gasteiger partial charge in [0.1, 0.15) is 0 Å². The summed E-state index contributed by atoms with van der Waals surface area (Å²) in [7, 11) is 0. The second-order valence-electron chi connectivity index (χ2n) is 5.19. The van der Waals surface area contributed by atoms with Gasteiger partial charge in [0.05, 0.1) is 0 Å². The summed E-state index contributed by atoms with van der Waals surface area (Å²) in [6.07, 6.45) is 2.29. The highest BCUT2D eigenvalue weighted by Gasteiger charge is 2.03. The average Bonchev–Trinajstić information content (AvgIpc) is 2.32. The fraction of sp³-hybridized carbons (Fsp3) is 0.600. The summed E-state index contributed by atoms with van der Waals surface area (Å²) in [6.45, 7) is 8.41. The molecule has 0 spiro atoms. The molecule has 0 radical (unpaired) electrons. The summed E-state index contributed by atoms with van der Waals surface area (Å²) < 4.78 is 0. The molecular formula is C15H26N2. The maximum Gasteiger partial charge on any atom is 0.0340 e. The van der Waals surface area contributed by atoms with Crippen LogP contribution in [0.4, 0.5) is 5.69 Å². The Balaban J connectivity index is 2.45. The smallest absolute Gasteiger partial charge is 0.0340 e. The monoisotopic (exact) mass is 234 g/mol. The molecule has 0 heterocycles. The van der Waals surface area contributed by atoms with Gasteiger partial charge in [0.15, 0.2) is 0 Å². The Morgan fingerprint density at radius 1 is 1.18 bits per heavy atom. The summed E-state index contributed by atoms with van der Waals surface area (Å²) in [5.41, 5.74) is 8.30. The van der Waals surface area contributed by atoms with E-state index in [4.69, 9.17) is 5.73 Å². The Morgan fingerprint density at radius 2 is 1.82 bits per heavy atom. The van der Waals surface area contributed by atoms with E-state index >= 15 is 0 Å². The first-order chi connectivity index (χ1) is 8.15. The van der Waals surface area contributed by atoms with E-state index in [1.54, 1.807) is 0 Å². The molecule has 1 unspecified atom stereocenters. The lowest BCUT2D eigenvalue weighted by atomic mass is 10.0. The zero-order valence-electron chi connectivity index (χ0n) is 11.4. The van der Waals surface area contributed by atoms with E-state index in [-0.39, 0.29) is 0 Å². The topological polar surface area (TPSA) is 38.0 Å². The van der Waals surface area contributed by atoms with Gasteiger partial charge in [-0.3, -0.25) is 0 Å². The summed E-state index contributed by atoms with van der Waals surface area (Å²) in [4.78, 5) is 0. The van der Waals surface area contributed by atoms with Crippen LogP contribution >= 0.6 is 0 Å². The van der Waals surface area contributed by atoms with Gasteiger partial charge in [-0.25, -0.2) is 0 Å². The molecule has 1 rings (SSSR count). The van der Waals surface area contributed by atoms with Gasteiger partial charge in [-0.2, -0.15) is 0 Å². The fourth-order valence-electron chi connectivity index (χ4n) is 1.89. The summed E-state index contributed by atoms with van der Waals surface area (Å²) in [6, 6.07) is 8.76. The first-order valence-electron chi connectivity index (χ1n) is 6.68. The molecule has 0 aliphatic rings. The van der Waals surface area contributed by atoms with E-state index in [1.807, 2.05) is 0 Å². The van der Waals surface area contributed by atoms with Crippen LogP contribution in [-0.2, 0) is 6.42 Å². The van der Waals surface area contributed by atoms with Crippen LogP contribution in [0.1, 0.15) is 32.8 Å². The zero-order chi connectivity index (χ0) is 12.7. The maximum absolute atomic E-state index is 5.69. The first-order valence-corrected chi connectivity index (χ1v) is 6.68. The van der Waals surface area contributed by atoms with Crippen LogP contribution < -0.4 is 11.1 Å². The molecule has 2 nitrogen and oxygen atoms in total. The molecule has 1 aromatic rings. The fourth-order valence-corrected chi connectivity index (χ4v) is 1.89. The number of benzene rings is 1. The normalized spacial score (nSPS) is 12.8. The van der Waals surface area contributed by atoms with Gasteiger partial charge in [-0.15, -0.1) is 0 Å². The molecule has 0 saturated heterocycles. The van der Waals surface area contributed by atoms with Gasteiger partial charge in [-0.05, 0) is 42.5 Å². The summed E-state index contributed by atoms with van der Waals surface area (Å²) in [5.74, 6) is 1.29. The number of rotatable bonds is 7. The molecule has 0 bridgehead atoms. The van der Waals surface area contributed by atoms with Crippen molar-refractivity contribution in [3.8, 4) is 0 Å². The third-order valence-corrected chi connectivity index (χ3v) is 3.10.